The molecule has 7 nitrogen and oxygen atoms in total. The van der Waals surface area contributed by atoms with Gasteiger partial charge in [-0.1, -0.05) is 45.4 Å². The SMILES string of the molecule is CCCCc1ccc(NS(=O)(=O)c2cccc(C(=O)OCC(=O)NC(CC)CC)c2)cc1. The molecular weight excluding hydrogens is 428 g/mol. The van der Waals surface area contributed by atoms with Gasteiger partial charge in [0, 0.05) is 11.7 Å². The normalized spacial score (nSPS) is 11.2. The number of carbonyl (C=O) groups excluding carboxylic acids is 2. The quantitative estimate of drug-likeness (QED) is 0.460. The third kappa shape index (κ3) is 7.67. The summed E-state index contributed by atoms with van der Waals surface area (Å²) in [6.45, 7) is 5.62. The zero-order valence-corrected chi connectivity index (χ0v) is 19.7. The molecule has 1 amide bonds. The van der Waals surface area contributed by atoms with Gasteiger partial charge in [-0.3, -0.25) is 9.52 Å². The van der Waals surface area contributed by atoms with E-state index < -0.39 is 22.6 Å². The predicted octanol–water partition coefficient (Wildman–Crippen LogP) is 4.29. The van der Waals surface area contributed by atoms with Gasteiger partial charge in [-0.25, -0.2) is 13.2 Å². The second-order valence-electron chi connectivity index (χ2n) is 7.59. The summed E-state index contributed by atoms with van der Waals surface area (Å²) in [7, 11) is -3.89. The number of rotatable bonds is 12. The van der Waals surface area contributed by atoms with Crippen LogP contribution in [0.15, 0.2) is 53.4 Å². The van der Waals surface area contributed by atoms with E-state index in [1.165, 1.54) is 24.3 Å². The van der Waals surface area contributed by atoms with Crippen molar-refractivity contribution in [2.75, 3.05) is 11.3 Å². The Labute approximate surface area is 190 Å². The maximum absolute atomic E-state index is 12.8. The minimum atomic E-state index is -3.89. The Morgan fingerprint density at radius 1 is 1.00 bits per heavy atom. The van der Waals surface area contributed by atoms with Crippen molar-refractivity contribution in [1.29, 1.82) is 0 Å². The molecule has 0 radical (unpaired) electrons. The number of esters is 1. The zero-order chi connectivity index (χ0) is 23.6. The molecule has 0 saturated carbocycles. The molecular formula is C24H32N2O5S. The van der Waals surface area contributed by atoms with Crippen molar-refractivity contribution in [3.8, 4) is 0 Å². The van der Waals surface area contributed by atoms with E-state index in [4.69, 9.17) is 4.74 Å². The first-order valence-electron chi connectivity index (χ1n) is 11.0. The molecule has 2 rings (SSSR count). The van der Waals surface area contributed by atoms with Crippen LogP contribution in [0, 0.1) is 0 Å². The number of nitrogens with one attached hydrogen (secondary N) is 2. The number of ether oxygens (including phenoxy) is 1. The van der Waals surface area contributed by atoms with Crippen LogP contribution in [0.25, 0.3) is 0 Å². The number of hydrogen-bond donors (Lipinski definition) is 2. The highest BCUT2D eigenvalue weighted by Crippen LogP contribution is 2.19. The van der Waals surface area contributed by atoms with E-state index in [2.05, 4.69) is 17.0 Å². The highest BCUT2D eigenvalue weighted by Gasteiger charge is 2.18. The smallest absolute Gasteiger partial charge is 0.338 e. The van der Waals surface area contributed by atoms with Crippen LogP contribution in [-0.4, -0.2) is 32.9 Å². The fourth-order valence-corrected chi connectivity index (χ4v) is 4.21. The van der Waals surface area contributed by atoms with E-state index >= 15 is 0 Å². The molecule has 0 bridgehead atoms. The lowest BCUT2D eigenvalue weighted by atomic mass is 10.1. The minimum Gasteiger partial charge on any atom is -0.452 e. The third-order valence-corrected chi connectivity index (χ3v) is 6.47. The average Bonchev–Trinajstić information content (AvgIpc) is 2.80. The molecule has 0 heterocycles. The molecule has 0 aliphatic heterocycles. The molecule has 0 fully saturated rings. The van der Waals surface area contributed by atoms with Gasteiger partial charge >= 0.3 is 5.97 Å². The number of hydrogen-bond acceptors (Lipinski definition) is 5. The standard InChI is InChI=1S/C24H32N2O5S/c1-4-7-9-18-12-14-21(15-13-18)26-32(29,30)22-11-8-10-19(16-22)24(28)31-17-23(27)25-20(5-2)6-3/h8,10-16,20,26H,4-7,9,17H2,1-3H3,(H,25,27). The first-order valence-corrected chi connectivity index (χ1v) is 12.5. The van der Waals surface area contributed by atoms with Gasteiger partial charge in [0.25, 0.3) is 15.9 Å². The summed E-state index contributed by atoms with van der Waals surface area (Å²) in [6, 6.07) is 12.8. The number of unbranched alkanes of at least 4 members (excludes halogenated alkanes) is 1. The number of anilines is 1. The van der Waals surface area contributed by atoms with E-state index in [9.17, 15) is 18.0 Å². The van der Waals surface area contributed by atoms with Gasteiger partial charge in [-0.05, 0) is 61.6 Å². The van der Waals surface area contributed by atoms with Crippen LogP contribution in [-0.2, 0) is 26.0 Å². The highest BCUT2D eigenvalue weighted by atomic mass is 32.2. The Bertz CT molecular complexity index is 999. The van der Waals surface area contributed by atoms with E-state index in [-0.39, 0.29) is 22.4 Å². The lowest BCUT2D eigenvalue weighted by molar-refractivity contribution is -0.125. The molecule has 174 valence electrons. The van der Waals surface area contributed by atoms with Gasteiger partial charge in [0.05, 0.1) is 10.5 Å². The fourth-order valence-electron chi connectivity index (χ4n) is 3.10. The second kappa shape index (κ2) is 12.2. The Kier molecular flexibility index (Phi) is 9.71. The number of carbonyl (C=O) groups is 2. The molecule has 2 aromatic rings. The van der Waals surface area contributed by atoms with Crippen molar-refractivity contribution in [3.05, 3.63) is 59.7 Å². The lowest BCUT2D eigenvalue weighted by Gasteiger charge is -2.14. The molecule has 2 aromatic carbocycles. The zero-order valence-electron chi connectivity index (χ0n) is 18.9. The predicted molar refractivity (Wildman–Crippen MR) is 125 cm³/mol. The Hall–Kier alpha value is -2.87. The number of amides is 1. The molecule has 2 N–H and O–H groups in total. The molecule has 0 aliphatic rings. The molecule has 0 atom stereocenters. The van der Waals surface area contributed by atoms with E-state index in [1.807, 2.05) is 26.0 Å². The summed E-state index contributed by atoms with van der Waals surface area (Å²) in [4.78, 5) is 24.2. The number of benzene rings is 2. The average molecular weight is 461 g/mol. The van der Waals surface area contributed by atoms with Crippen LogP contribution < -0.4 is 10.0 Å². The van der Waals surface area contributed by atoms with Crippen LogP contribution >= 0.6 is 0 Å². The molecule has 0 saturated heterocycles. The highest BCUT2D eigenvalue weighted by molar-refractivity contribution is 7.92. The summed E-state index contributed by atoms with van der Waals surface area (Å²) in [5, 5.41) is 2.78. The van der Waals surface area contributed by atoms with E-state index in [0.717, 1.165) is 37.7 Å². The summed E-state index contributed by atoms with van der Waals surface area (Å²) >= 11 is 0. The summed E-state index contributed by atoms with van der Waals surface area (Å²) in [6.07, 6.45) is 4.68. The molecule has 0 spiro atoms. The van der Waals surface area contributed by atoms with Gasteiger partial charge in [0.15, 0.2) is 6.61 Å². The van der Waals surface area contributed by atoms with Gasteiger partial charge < -0.3 is 10.1 Å². The van der Waals surface area contributed by atoms with Crippen molar-refractivity contribution in [3.63, 3.8) is 0 Å². The molecule has 0 aliphatic carbocycles. The van der Waals surface area contributed by atoms with Crippen molar-refractivity contribution < 1.29 is 22.7 Å². The lowest BCUT2D eigenvalue weighted by Crippen LogP contribution is -2.36. The van der Waals surface area contributed by atoms with Gasteiger partial charge in [-0.2, -0.15) is 0 Å². The van der Waals surface area contributed by atoms with Crippen LogP contribution in [0.1, 0.15) is 62.4 Å². The first kappa shape index (κ1) is 25.4. The summed E-state index contributed by atoms with van der Waals surface area (Å²) < 4.78 is 33.1. The Morgan fingerprint density at radius 2 is 1.69 bits per heavy atom. The largest absolute Gasteiger partial charge is 0.452 e. The number of sulfonamides is 1. The van der Waals surface area contributed by atoms with Crippen LogP contribution in [0.4, 0.5) is 5.69 Å². The molecule has 32 heavy (non-hydrogen) atoms. The monoisotopic (exact) mass is 460 g/mol. The Balaban J connectivity index is 2.02. The third-order valence-electron chi connectivity index (χ3n) is 5.09. The maximum atomic E-state index is 12.8. The van der Waals surface area contributed by atoms with Crippen molar-refractivity contribution >= 4 is 27.6 Å². The van der Waals surface area contributed by atoms with E-state index in [0.29, 0.717) is 5.69 Å². The van der Waals surface area contributed by atoms with Gasteiger partial charge in [0.1, 0.15) is 0 Å². The van der Waals surface area contributed by atoms with Crippen molar-refractivity contribution in [1.82, 2.24) is 5.32 Å². The first-order chi connectivity index (χ1) is 15.3. The molecule has 0 unspecified atom stereocenters. The maximum Gasteiger partial charge on any atom is 0.338 e. The van der Waals surface area contributed by atoms with Crippen LogP contribution in [0.2, 0.25) is 0 Å². The molecule has 8 heteroatoms. The Morgan fingerprint density at radius 3 is 2.31 bits per heavy atom. The minimum absolute atomic E-state index is 0.0291. The molecule has 0 aromatic heterocycles. The summed E-state index contributed by atoms with van der Waals surface area (Å²) in [5.74, 6) is -1.15. The fraction of sp³-hybridized carbons (Fsp3) is 0.417. The van der Waals surface area contributed by atoms with Crippen molar-refractivity contribution in [2.24, 2.45) is 0 Å². The second-order valence-corrected chi connectivity index (χ2v) is 9.27. The van der Waals surface area contributed by atoms with E-state index in [1.54, 1.807) is 12.1 Å². The topological polar surface area (TPSA) is 102 Å². The summed E-state index contributed by atoms with van der Waals surface area (Å²) in [5.41, 5.74) is 1.64. The van der Waals surface area contributed by atoms with Crippen molar-refractivity contribution in [2.45, 2.75) is 63.8 Å². The van der Waals surface area contributed by atoms with Gasteiger partial charge in [-0.15, -0.1) is 0 Å². The van der Waals surface area contributed by atoms with Gasteiger partial charge in [0.2, 0.25) is 0 Å². The number of aryl methyl sites for hydroxylation is 1. The van der Waals surface area contributed by atoms with Crippen LogP contribution in [0.5, 0.6) is 0 Å². The van der Waals surface area contributed by atoms with Crippen LogP contribution in [0.3, 0.4) is 0 Å².